The molecule has 7 nitrogen and oxygen atoms in total. The minimum atomic E-state index is -0.253. The lowest BCUT2D eigenvalue weighted by Gasteiger charge is -2.26. The molecule has 1 saturated heterocycles. The Morgan fingerprint density at radius 1 is 1.17 bits per heavy atom. The van der Waals surface area contributed by atoms with Crippen LogP contribution >= 0.6 is 0 Å². The first-order chi connectivity index (χ1) is 14.2. The molecule has 154 valence electrons. The second-order valence-electron chi connectivity index (χ2n) is 6.63. The van der Waals surface area contributed by atoms with E-state index in [4.69, 9.17) is 14.2 Å². The van der Waals surface area contributed by atoms with Gasteiger partial charge in [0.05, 0.1) is 33.1 Å². The van der Waals surface area contributed by atoms with Crippen molar-refractivity contribution in [1.82, 2.24) is 10.3 Å². The monoisotopic (exact) mass is 397 g/mol. The van der Waals surface area contributed by atoms with Gasteiger partial charge in [0.25, 0.3) is 5.91 Å². The van der Waals surface area contributed by atoms with Crippen LogP contribution in [0.4, 0.5) is 0 Å². The SMILES string of the molecule is CCOc1ccc(C=NNC(=O)c2ccc(CN3CCOCC3)cc2)cc1OC. The summed E-state index contributed by atoms with van der Waals surface area (Å²) in [5.74, 6) is 1.04. The zero-order valence-electron chi connectivity index (χ0n) is 16.9. The van der Waals surface area contributed by atoms with E-state index in [0.717, 1.165) is 38.4 Å². The standard InChI is InChI=1S/C22H27N3O4/c1-3-29-20-9-6-18(14-21(20)27-2)15-23-24-22(26)19-7-4-17(5-8-19)16-25-10-12-28-13-11-25/h4-9,14-15H,3,10-13,16H2,1-2H3,(H,24,26). The van der Waals surface area contributed by atoms with Gasteiger partial charge in [0, 0.05) is 25.2 Å². The van der Waals surface area contributed by atoms with Crippen LogP contribution in [0.1, 0.15) is 28.4 Å². The molecule has 0 radical (unpaired) electrons. The predicted molar refractivity (Wildman–Crippen MR) is 112 cm³/mol. The number of benzene rings is 2. The van der Waals surface area contributed by atoms with Gasteiger partial charge in [-0.3, -0.25) is 9.69 Å². The van der Waals surface area contributed by atoms with Crippen LogP contribution in [0.25, 0.3) is 0 Å². The van der Waals surface area contributed by atoms with E-state index < -0.39 is 0 Å². The average Bonchev–Trinajstić information content (AvgIpc) is 2.76. The van der Waals surface area contributed by atoms with Crippen LogP contribution in [0.2, 0.25) is 0 Å². The lowest BCUT2D eigenvalue weighted by atomic mass is 10.1. The molecule has 0 saturated carbocycles. The molecule has 7 heteroatoms. The quantitative estimate of drug-likeness (QED) is 0.548. The summed E-state index contributed by atoms with van der Waals surface area (Å²) in [5.41, 5.74) is 5.10. The molecule has 1 amide bonds. The fourth-order valence-corrected chi connectivity index (χ4v) is 3.05. The summed E-state index contributed by atoms with van der Waals surface area (Å²) in [7, 11) is 1.59. The van der Waals surface area contributed by atoms with Gasteiger partial charge in [-0.25, -0.2) is 5.43 Å². The molecule has 1 heterocycles. The van der Waals surface area contributed by atoms with Crippen molar-refractivity contribution < 1.29 is 19.0 Å². The van der Waals surface area contributed by atoms with Crippen LogP contribution in [0.3, 0.4) is 0 Å². The molecule has 0 aromatic heterocycles. The Balaban J connectivity index is 1.54. The van der Waals surface area contributed by atoms with E-state index >= 15 is 0 Å². The summed E-state index contributed by atoms with van der Waals surface area (Å²) >= 11 is 0. The van der Waals surface area contributed by atoms with Crippen molar-refractivity contribution in [1.29, 1.82) is 0 Å². The maximum Gasteiger partial charge on any atom is 0.271 e. The molecule has 2 aromatic carbocycles. The molecule has 0 atom stereocenters. The topological polar surface area (TPSA) is 72.4 Å². The highest BCUT2D eigenvalue weighted by atomic mass is 16.5. The lowest BCUT2D eigenvalue weighted by molar-refractivity contribution is 0.0342. The third kappa shape index (κ3) is 6.04. The van der Waals surface area contributed by atoms with Gasteiger partial charge in [-0.05, 0) is 48.4 Å². The van der Waals surface area contributed by atoms with Crippen molar-refractivity contribution in [3.8, 4) is 11.5 Å². The molecule has 1 aliphatic heterocycles. The van der Waals surface area contributed by atoms with E-state index in [1.807, 2.05) is 43.3 Å². The molecule has 2 aromatic rings. The van der Waals surface area contributed by atoms with Gasteiger partial charge in [0.2, 0.25) is 0 Å². The molecule has 0 spiro atoms. The van der Waals surface area contributed by atoms with Crippen LogP contribution in [-0.2, 0) is 11.3 Å². The lowest BCUT2D eigenvalue weighted by Crippen LogP contribution is -2.35. The minimum absolute atomic E-state index is 0.253. The summed E-state index contributed by atoms with van der Waals surface area (Å²) in [6.45, 7) is 6.77. The number of rotatable bonds is 8. The van der Waals surface area contributed by atoms with Crippen molar-refractivity contribution >= 4 is 12.1 Å². The van der Waals surface area contributed by atoms with E-state index in [2.05, 4.69) is 15.4 Å². The smallest absolute Gasteiger partial charge is 0.271 e. The Bertz CT molecular complexity index is 830. The molecular formula is C22H27N3O4. The van der Waals surface area contributed by atoms with Gasteiger partial charge in [-0.15, -0.1) is 0 Å². The number of carbonyl (C=O) groups excluding carboxylic acids is 1. The number of hydrogen-bond acceptors (Lipinski definition) is 6. The number of carbonyl (C=O) groups is 1. The third-order valence-corrected chi connectivity index (χ3v) is 4.59. The second-order valence-corrected chi connectivity index (χ2v) is 6.63. The van der Waals surface area contributed by atoms with Gasteiger partial charge in [-0.2, -0.15) is 5.10 Å². The Labute approximate surface area is 171 Å². The molecule has 1 N–H and O–H groups in total. The number of methoxy groups -OCH3 is 1. The first kappa shape index (κ1) is 20.8. The van der Waals surface area contributed by atoms with Gasteiger partial charge in [-0.1, -0.05) is 12.1 Å². The zero-order valence-corrected chi connectivity index (χ0v) is 16.9. The van der Waals surface area contributed by atoms with Crippen LogP contribution in [0, 0.1) is 0 Å². The number of hydrazone groups is 1. The number of nitrogens with one attached hydrogen (secondary N) is 1. The predicted octanol–water partition coefficient (Wildman–Crippen LogP) is 2.69. The van der Waals surface area contributed by atoms with Crippen molar-refractivity contribution in [2.45, 2.75) is 13.5 Å². The summed E-state index contributed by atoms with van der Waals surface area (Å²) < 4.78 is 16.2. The summed E-state index contributed by atoms with van der Waals surface area (Å²) in [6, 6.07) is 13.1. The highest BCUT2D eigenvalue weighted by Crippen LogP contribution is 2.27. The maximum atomic E-state index is 12.3. The number of hydrogen-bond donors (Lipinski definition) is 1. The van der Waals surface area contributed by atoms with E-state index in [9.17, 15) is 4.79 Å². The average molecular weight is 397 g/mol. The number of morpholine rings is 1. The van der Waals surface area contributed by atoms with E-state index in [-0.39, 0.29) is 5.91 Å². The van der Waals surface area contributed by atoms with Crippen molar-refractivity contribution in [2.24, 2.45) is 5.10 Å². The van der Waals surface area contributed by atoms with Crippen LogP contribution < -0.4 is 14.9 Å². The van der Waals surface area contributed by atoms with Gasteiger partial charge >= 0.3 is 0 Å². The summed E-state index contributed by atoms with van der Waals surface area (Å²) in [5, 5.41) is 4.04. The highest BCUT2D eigenvalue weighted by molar-refractivity contribution is 5.94. The summed E-state index contributed by atoms with van der Waals surface area (Å²) in [6.07, 6.45) is 1.57. The normalized spacial score (nSPS) is 14.7. The molecule has 3 rings (SSSR count). The van der Waals surface area contributed by atoms with Crippen LogP contribution in [-0.4, -0.2) is 57.0 Å². The van der Waals surface area contributed by atoms with Crippen molar-refractivity contribution in [3.63, 3.8) is 0 Å². The number of amides is 1. The Morgan fingerprint density at radius 3 is 2.62 bits per heavy atom. The Morgan fingerprint density at radius 2 is 1.93 bits per heavy atom. The van der Waals surface area contributed by atoms with E-state index in [0.29, 0.717) is 23.7 Å². The molecule has 29 heavy (non-hydrogen) atoms. The Hall–Kier alpha value is -2.90. The number of ether oxygens (including phenoxy) is 3. The number of nitrogens with zero attached hydrogens (tertiary/aromatic N) is 2. The molecule has 0 bridgehead atoms. The third-order valence-electron chi connectivity index (χ3n) is 4.59. The van der Waals surface area contributed by atoms with Crippen LogP contribution in [0.5, 0.6) is 11.5 Å². The minimum Gasteiger partial charge on any atom is -0.493 e. The first-order valence-corrected chi connectivity index (χ1v) is 9.73. The van der Waals surface area contributed by atoms with Crippen molar-refractivity contribution in [3.05, 3.63) is 59.2 Å². The van der Waals surface area contributed by atoms with Gasteiger partial charge in [0.15, 0.2) is 11.5 Å². The first-order valence-electron chi connectivity index (χ1n) is 9.73. The fourth-order valence-electron chi connectivity index (χ4n) is 3.05. The largest absolute Gasteiger partial charge is 0.493 e. The zero-order chi connectivity index (χ0) is 20.5. The molecule has 1 aliphatic rings. The van der Waals surface area contributed by atoms with Crippen LogP contribution in [0.15, 0.2) is 47.6 Å². The van der Waals surface area contributed by atoms with Gasteiger partial charge < -0.3 is 14.2 Å². The van der Waals surface area contributed by atoms with E-state index in [1.165, 1.54) is 5.56 Å². The maximum absolute atomic E-state index is 12.3. The molecule has 1 fully saturated rings. The van der Waals surface area contributed by atoms with Gasteiger partial charge in [0.1, 0.15) is 0 Å². The molecular weight excluding hydrogens is 370 g/mol. The molecule has 0 aliphatic carbocycles. The fraction of sp³-hybridized carbons (Fsp3) is 0.364. The van der Waals surface area contributed by atoms with Crippen molar-refractivity contribution in [2.75, 3.05) is 40.0 Å². The highest BCUT2D eigenvalue weighted by Gasteiger charge is 2.11. The molecule has 0 unspecified atom stereocenters. The summed E-state index contributed by atoms with van der Waals surface area (Å²) in [4.78, 5) is 14.6. The van der Waals surface area contributed by atoms with E-state index in [1.54, 1.807) is 19.4 Å². The second kappa shape index (κ2) is 10.6. The Kier molecular flexibility index (Phi) is 7.61.